The number of hydrogen-bond acceptors (Lipinski definition) is 4. The predicted molar refractivity (Wildman–Crippen MR) is 77.9 cm³/mol. The number of carbonyl (C=O) groups is 1. The molecule has 0 aromatic carbocycles. The van der Waals surface area contributed by atoms with E-state index in [1.165, 1.54) is 11.3 Å². The molecule has 0 amide bonds. The van der Waals surface area contributed by atoms with Crippen molar-refractivity contribution in [1.82, 2.24) is 4.98 Å². The number of nitrogens with zero attached hydrogens (tertiary/aromatic N) is 1. The number of rotatable bonds is 6. The molecule has 0 unspecified atom stereocenters. The number of anilines is 1. The smallest absolute Gasteiger partial charge is 0.345 e. The zero-order valence-electron chi connectivity index (χ0n) is 10.7. The largest absolute Gasteiger partial charge is 0.477 e. The molecule has 0 saturated heterocycles. The average Bonchev–Trinajstić information content (AvgIpc) is 2.89. The Morgan fingerprint density at radius 1 is 1.42 bits per heavy atom. The predicted octanol–water partition coefficient (Wildman–Crippen LogP) is 3.72. The minimum absolute atomic E-state index is 0.353. The second-order valence-electron chi connectivity index (χ2n) is 4.17. The van der Waals surface area contributed by atoms with Crippen LogP contribution in [-0.2, 0) is 0 Å². The van der Waals surface area contributed by atoms with Crippen LogP contribution in [0.4, 0.5) is 5.69 Å². The highest BCUT2D eigenvalue weighted by Gasteiger charge is 2.11. The van der Waals surface area contributed by atoms with Crippen LogP contribution in [0.5, 0.6) is 0 Å². The van der Waals surface area contributed by atoms with E-state index >= 15 is 0 Å². The van der Waals surface area contributed by atoms with Crippen LogP contribution < -0.4 is 5.32 Å². The lowest BCUT2D eigenvalue weighted by atomic mass is 10.2. The lowest BCUT2D eigenvalue weighted by molar-refractivity contribution is 0.0702. The number of carboxylic acids is 1. The molecule has 5 heteroatoms. The molecule has 0 bridgehead atoms. The number of aromatic nitrogens is 1. The van der Waals surface area contributed by atoms with E-state index in [1.807, 2.05) is 12.1 Å². The SMILES string of the molecule is CCCCNc1cnccc1-c1ccc(C(=O)O)s1. The molecule has 0 aliphatic rings. The van der Waals surface area contributed by atoms with E-state index in [0.29, 0.717) is 4.88 Å². The Morgan fingerprint density at radius 3 is 2.95 bits per heavy atom. The summed E-state index contributed by atoms with van der Waals surface area (Å²) < 4.78 is 0. The molecule has 100 valence electrons. The third kappa shape index (κ3) is 3.32. The number of carboxylic acid groups (broad SMARTS) is 1. The van der Waals surface area contributed by atoms with Crippen molar-refractivity contribution >= 4 is 23.0 Å². The van der Waals surface area contributed by atoms with E-state index in [1.54, 1.807) is 18.5 Å². The van der Waals surface area contributed by atoms with Crippen molar-refractivity contribution in [1.29, 1.82) is 0 Å². The van der Waals surface area contributed by atoms with Crippen molar-refractivity contribution in [3.8, 4) is 10.4 Å². The molecule has 2 heterocycles. The lowest BCUT2D eigenvalue weighted by Gasteiger charge is -2.09. The van der Waals surface area contributed by atoms with Crippen LogP contribution in [0, 0.1) is 0 Å². The Labute approximate surface area is 116 Å². The van der Waals surface area contributed by atoms with Gasteiger partial charge in [-0.05, 0) is 24.6 Å². The third-order valence-corrected chi connectivity index (χ3v) is 3.86. The van der Waals surface area contributed by atoms with Gasteiger partial charge in [0.25, 0.3) is 0 Å². The Morgan fingerprint density at radius 2 is 2.26 bits per heavy atom. The maximum atomic E-state index is 10.9. The quantitative estimate of drug-likeness (QED) is 0.789. The minimum Gasteiger partial charge on any atom is -0.477 e. The molecule has 0 fully saturated rings. The summed E-state index contributed by atoms with van der Waals surface area (Å²) in [6.07, 6.45) is 5.73. The van der Waals surface area contributed by atoms with Crippen molar-refractivity contribution in [3.05, 3.63) is 35.5 Å². The normalized spacial score (nSPS) is 10.4. The van der Waals surface area contributed by atoms with Crippen LogP contribution in [0.2, 0.25) is 0 Å². The number of hydrogen-bond donors (Lipinski definition) is 2. The summed E-state index contributed by atoms with van der Waals surface area (Å²) in [7, 11) is 0. The fraction of sp³-hybridized carbons (Fsp3) is 0.286. The van der Waals surface area contributed by atoms with E-state index in [2.05, 4.69) is 17.2 Å². The summed E-state index contributed by atoms with van der Waals surface area (Å²) in [5.41, 5.74) is 1.96. The summed E-state index contributed by atoms with van der Waals surface area (Å²) in [5, 5.41) is 12.3. The van der Waals surface area contributed by atoms with E-state index in [9.17, 15) is 4.79 Å². The Kier molecular flexibility index (Phi) is 4.52. The van der Waals surface area contributed by atoms with E-state index in [0.717, 1.165) is 35.5 Å². The van der Waals surface area contributed by atoms with E-state index in [4.69, 9.17) is 5.11 Å². The first kappa shape index (κ1) is 13.5. The summed E-state index contributed by atoms with van der Waals surface area (Å²) in [5.74, 6) is -0.884. The highest BCUT2D eigenvalue weighted by Crippen LogP contribution is 2.33. The van der Waals surface area contributed by atoms with Gasteiger partial charge in [0.2, 0.25) is 0 Å². The van der Waals surface area contributed by atoms with Crippen LogP contribution in [0.1, 0.15) is 29.4 Å². The molecular formula is C14H16N2O2S. The molecule has 0 spiro atoms. The first-order valence-corrected chi connectivity index (χ1v) is 7.05. The molecule has 0 aliphatic heterocycles. The molecule has 19 heavy (non-hydrogen) atoms. The van der Waals surface area contributed by atoms with Crippen LogP contribution in [-0.4, -0.2) is 22.6 Å². The first-order valence-electron chi connectivity index (χ1n) is 6.23. The van der Waals surface area contributed by atoms with Gasteiger partial charge in [0, 0.05) is 23.2 Å². The zero-order valence-corrected chi connectivity index (χ0v) is 11.5. The van der Waals surface area contributed by atoms with Gasteiger partial charge in [0.15, 0.2) is 0 Å². The average molecular weight is 276 g/mol. The van der Waals surface area contributed by atoms with E-state index in [-0.39, 0.29) is 0 Å². The van der Waals surface area contributed by atoms with Gasteiger partial charge in [-0.25, -0.2) is 4.79 Å². The van der Waals surface area contributed by atoms with Crippen molar-refractivity contribution < 1.29 is 9.90 Å². The van der Waals surface area contributed by atoms with Crippen LogP contribution in [0.25, 0.3) is 10.4 Å². The molecule has 0 saturated carbocycles. The van der Waals surface area contributed by atoms with Crippen molar-refractivity contribution in [2.24, 2.45) is 0 Å². The molecule has 2 N–H and O–H groups in total. The van der Waals surface area contributed by atoms with Crippen LogP contribution in [0.15, 0.2) is 30.6 Å². The summed E-state index contributed by atoms with van der Waals surface area (Å²) >= 11 is 1.28. The van der Waals surface area contributed by atoms with Gasteiger partial charge in [0.05, 0.1) is 11.9 Å². The maximum Gasteiger partial charge on any atom is 0.345 e. The monoisotopic (exact) mass is 276 g/mol. The Balaban J connectivity index is 2.25. The van der Waals surface area contributed by atoms with Gasteiger partial charge in [-0.3, -0.25) is 4.98 Å². The maximum absolute atomic E-state index is 10.9. The third-order valence-electron chi connectivity index (χ3n) is 2.75. The van der Waals surface area contributed by atoms with Crippen LogP contribution in [0.3, 0.4) is 0 Å². The van der Waals surface area contributed by atoms with Gasteiger partial charge >= 0.3 is 5.97 Å². The standard InChI is InChI=1S/C14H16N2O2S/c1-2-3-7-16-11-9-15-8-6-10(11)12-4-5-13(19-12)14(17)18/h4-6,8-9,16H,2-3,7H2,1H3,(H,17,18). The summed E-state index contributed by atoms with van der Waals surface area (Å²) in [4.78, 5) is 16.3. The fourth-order valence-corrected chi connectivity index (χ4v) is 2.63. The van der Waals surface area contributed by atoms with Crippen LogP contribution >= 0.6 is 11.3 Å². The minimum atomic E-state index is -0.884. The second kappa shape index (κ2) is 6.33. The molecule has 2 aromatic rings. The van der Waals surface area contributed by atoms with Crippen molar-refractivity contribution in [2.45, 2.75) is 19.8 Å². The zero-order chi connectivity index (χ0) is 13.7. The first-order chi connectivity index (χ1) is 9.22. The van der Waals surface area contributed by atoms with Gasteiger partial charge in [0.1, 0.15) is 4.88 Å². The second-order valence-corrected chi connectivity index (χ2v) is 5.25. The Bertz CT molecular complexity index is 566. The summed E-state index contributed by atoms with van der Waals surface area (Å²) in [6, 6.07) is 5.39. The molecule has 4 nitrogen and oxygen atoms in total. The molecule has 0 atom stereocenters. The molecular weight excluding hydrogens is 260 g/mol. The number of aromatic carboxylic acids is 1. The van der Waals surface area contributed by atoms with E-state index < -0.39 is 5.97 Å². The highest BCUT2D eigenvalue weighted by atomic mass is 32.1. The van der Waals surface area contributed by atoms with Gasteiger partial charge in [-0.1, -0.05) is 13.3 Å². The van der Waals surface area contributed by atoms with Gasteiger partial charge in [-0.15, -0.1) is 11.3 Å². The number of nitrogens with one attached hydrogen (secondary N) is 1. The topological polar surface area (TPSA) is 62.2 Å². The molecule has 0 radical (unpaired) electrons. The van der Waals surface area contributed by atoms with Crippen molar-refractivity contribution in [2.75, 3.05) is 11.9 Å². The molecule has 2 aromatic heterocycles. The van der Waals surface area contributed by atoms with Gasteiger partial charge in [-0.2, -0.15) is 0 Å². The van der Waals surface area contributed by atoms with Gasteiger partial charge < -0.3 is 10.4 Å². The molecule has 0 aliphatic carbocycles. The number of pyridine rings is 1. The number of thiophene rings is 1. The van der Waals surface area contributed by atoms with Crippen molar-refractivity contribution in [3.63, 3.8) is 0 Å². The fourth-order valence-electron chi connectivity index (χ4n) is 1.75. The molecule has 2 rings (SSSR count). The summed E-state index contributed by atoms with van der Waals surface area (Å²) in [6.45, 7) is 3.04. The Hall–Kier alpha value is -1.88. The number of unbranched alkanes of at least 4 members (excludes halogenated alkanes) is 1. The highest BCUT2D eigenvalue weighted by molar-refractivity contribution is 7.17. The lowest BCUT2D eigenvalue weighted by Crippen LogP contribution is -2.02.